The van der Waals surface area contributed by atoms with E-state index < -0.39 is 12.7 Å². The summed E-state index contributed by atoms with van der Waals surface area (Å²) in [5.41, 5.74) is 8.24. The first-order chi connectivity index (χ1) is 10.5. The third-order valence-corrected chi connectivity index (χ3v) is 3.52. The van der Waals surface area contributed by atoms with Crippen molar-refractivity contribution in [3.05, 3.63) is 54.4 Å². The standard InChI is InChI=1S/C16H14F3N3.ClH/c17-16(18,19)10-22-9-12(8-21-22)14-6-5-11(7-20)13-3-1-2-4-15(13)14;/h1-6,8-9H,7,10,20H2;1H. The summed E-state index contributed by atoms with van der Waals surface area (Å²) < 4.78 is 38.2. The molecule has 2 aromatic carbocycles. The maximum atomic E-state index is 12.4. The fraction of sp³-hybridized carbons (Fsp3) is 0.188. The lowest BCUT2D eigenvalue weighted by atomic mass is 9.97. The molecule has 0 spiro atoms. The van der Waals surface area contributed by atoms with Crippen LogP contribution in [0.5, 0.6) is 0 Å². The van der Waals surface area contributed by atoms with Crippen molar-refractivity contribution >= 4 is 23.2 Å². The van der Waals surface area contributed by atoms with Gasteiger partial charge in [0.15, 0.2) is 0 Å². The normalized spacial score (nSPS) is 11.5. The number of hydrogen-bond acceptors (Lipinski definition) is 2. The Morgan fingerprint density at radius 2 is 1.74 bits per heavy atom. The van der Waals surface area contributed by atoms with Gasteiger partial charge in [-0.2, -0.15) is 18.3 Å². The van der Waals surface area contributed by atoms with Crippen LogP contribution in [0.15, 0.2) is 48.8 Å². The van der Waals surface area contributed by atoms with Crippen LogP contribution in [0.1, 0.15) is 5.56 Å². The number of rotatable bonds is 3. The van der Waals surface area contributed by atoms with E-state index in [0.717, 1.165) is 26.6 Å². The fourth-order valence-corrected chi connectivity index (χ4v) is 2.56. The second kappa shape index (κ2) is 6.60. The second-order valence-corrected chi connectivity index (χ2v) is 5.06. The monoisotopic (exact) mass is 341 g/mol. The number of nitrogens with two attached hydrogens (primary N) is 1. The molecule has 3 aromatic rings. The van der Waals surface area contributed by atoms with Crippen molar-refractivity contribution in [2.45, 2.75) is 19.3 Å². The van der Waals surface area contributed by atoms with Crippen molar-refractivity contribution in [1.82, 2.24) is 9.78 Å². The largest absolute Gasteiger partial charge is 0.408 e. The molecule has 0 saturated heterocycles. The average molecular weight is 342 g/mol. The average Bonchev–Trinajstić information content (AvgIpc) is 2.92. The number of benzene rings is 2. The molecule has 2 N–H and O–H groups in total. The molecular formula is C16H15ClF3N3. The van der Waals surface area contributed by atoms with Gasteiger partial charge < -0.3 is 5.73 Å². The first kappa shape index (κ1) is 17.3. The summed E-state index contributed by atoms with van der Waals surface area (Å²) >= 11 is 0. The van der Waals surface area contributed by atoms with Crippen LogP contribution in [-0.2, 0) is 13.1 Å². The lowest BCUT2D eigenvalue weighted by molar-refractivity contribution is -0.142. The van der Waals surface area contributed by atoms with Crippen molar-refractivity contribution < 1.29 is 13.2 Å². The summed E-state index contributed by atoms with van der Waals surface area (Å²) in [6.45, 7) is -0.681. The predicted molar refractivity (Wildman–Crippen MR) is 86.4 cm³/mol. The minimum absolute atomic E-state index is 0. The zero-order chi connectivity index (χ0) is 15.7. The van der Waals surface area contributed by atoms with Gasteiger partial charge in [0.2, 0.25) is 0 Å². The van der Waals surface area contributed by atoms with Crippen LogP contribution >= 0.6 is 12.4 Å². The third-order valence-electron chi connectivity index (χ3n) is 3.52. The van der Waals surface area contributed by atoms with Crippen molar-refractivity contribution in [2.75, 3.05) is 0 Å². The molecule has 0 amide bonds. The maximum Gasteiger partial charge on any atom is 0.408 e. The Kier molecular flexibility index (Phi) is 4.97. The van der Waals surface area contributed by atoms with Crippen LogP contribution in [0.2, 0.25) is 0 Å². The van der Waals surface area contributed by atoms with Crippen molar-refractivity contribution in [3.63, 3.8) is 0 Å². The van der Waals surface area contributed by atoms with E-state index in [1.54, 1.807) is 0 Å². The topological polar surface area (TPSA) is 43.8 Å². The van der Waals surface area contributed by atoms with Crippen molar-refractivity contribution in [1.29, 1.82) is 0 Å². The van der Waals surface area contributed by atoms with Gasteiger partial charge in [-0.1, -0.05) is 36.4 Å². The quantitative estimate of drug-likeness (QED) is 0.778. The molecule has 0 atom stereocenters. The number of alkyl halides is 3. The molecule has 0 aliphatic carbocycles. The van der Waals surface area contributed by atoms with Crippen molar-refractivity contribution in [3.8, 4) is 11.1 Å². The highest BCUT2D eigenvalue weighted by Crippen LogP contribution is 2.31. The Bertz CT molecular complexity index is 812. The predicted octanol–water partition coefficient (Wildman–Crippen LogP) is 4.15. The zero-order valence-corrected chi connectivity index (χ0v) is 12.9. The van der Waals surface area contributed by atoms with E-state index in [-0.39, 0.29) is 12.4 Å². The summed E-state index contributed by atoms with van der Waals surface area (Å²) in [6.07, 6.45) is -1.41. The first-order valence-electron chi connectivity index (χ1n) is 6.78. The highest BCUT2D eigenvalue weighted by molar-refractivity contribution is 5.98. The lowest BCUT2D eigenvalue weighted by Gasteiger charge is -2.09. The molecule has 3 nitrogen and oxygen atoms in total. The van der Waals surface area contributed by atoms with E-state index >= 15 is 0 Å². The molecule has 0 radical (unpaired) electrons. The van der Waals surface area contributed by atoms with E-state index in [2.05, 4.69) is 5.10 Å². The molecular weight excluding hydrogens is 327 g/mol. The highest BCUT2D eigenvalue weighted by Gasteiger charge is 2.28. The molecule has 0 bridgehead atoms. The molecule has 0 saturated carbocycles. The molecule has 0 fully saturated rings. The molecule has 122 valence electrons. The molecule has 7 heteroatoms. The molecule has 23 heavy (non-hydrogen) atoms. The molecule has 3 rings (SSSR count). The van der Waals surface area contributed by atoms with Crippen LogP contribution < -0.4 is 5.73 Å². The number of halogens is 4. The summed E-state index contributed by atoms with van der Waals surface area (Å²) in [5, 5.41) is 5.76. The molecule has 0 aliphatic rings. The molecule has 0 aliphatic heterocycles. The van der Waals surface area contributed by atoms with Gasteiger partial charge in [0, 0.05) is 18.3 Å². The Labute approximate surface area is 137 Å². The maximum absolute atomic E-state index is 12.4. The van der Waals surface area contributed by atoms with Crippen LogP contribution in [-0.4, -0.2) is 16.0 Å². The number of nitrogens with zero attached hydrogens (tertiary/aromatic N) is 2. The number of aromatic nitrogens is 2. The van der Waals surface area contributed by atoms with Gasteiger partial charge in [-0.3, -0.25) is 4.68 Å². The van der Waals surface area contributed by atoms with E-state index in [1.165, 1.54) is 12.4 Å². The van der Waals surface area contributed by atoms with Crippen LogP contribution in [0.4, 0.5) is 13.2 Å². The highest BCUT2D eigenvalue weighted by atomic mass is 35.5. The van der Waals surface area contributed by atoms with Gasteiger partial charge in [0.1, 0.15) is 6.54 Å². The minimum Gasteiger partial charge on any atom is -0.326 e. The van der Waals surface area contributed by atoms with Gasteiger partial charge in [-0.25, -0.2) is 0 Å². The van der Waals surface area contributed by atoms with E-state index in [9.17, 15) is 13.2 Å². The van der Waals surface area contributed by atoms with Crippen LogP contribution in [0, 0.1) is 0 Å². The number of fused-ring (bicyclic) bond motifs is 1. The summed E-state index contributed by atoms with van der Waals surface area (Å²) in [6, 6.07) is 11.5. The lowest BCUT2D eigenvalue weighted by Crippen LogP contribution is -2.17. The summed E-state index contributed by atoms with van der Waals surface area (Å²) in [7, 11) is 0. The first-order valence-corrected chi connectivity index (χ1v) is 6.78. The fourth-order valence-electron chi connectivity index (χ4n) is 2.56. The summed E-state index contributed by atoms with van der Waals surface area (Å²) in [4.78, 5) is 0. The van der Waals surface area contributed by atoms with E-state index in [0.29, 0.717) is 12.1 Å². The Balaban J connectivity index is 0.00000192. The van der Waals surface area contributed by atoms with Gasteiger partial charge in [0.25, 0.3) is 0 Å². The van der Waals surface area contributed by atoms with Crippen LogP contribution in [0.3, 0.4) is 0 Å². The SMILES string of the molecule is Cl.NCc1ccc(-c2cnn(CC(F)(F)F)c2)c2ccccc12. The van der Waals surface area contributed by atoms with Gasteiger partial charge in [-0.05, 0) is 21.9 Å². The second-order valence-electron chi connectivity index (χ2n) is 5.06. The van der Waals surface area contributed by atoms with E-state index in [4.69, 9.17) is 5.73 Å². The summed E-state index contributed by atoms with van der Waals surface area (Å²) in [5.74, 6) is 0. The smallest absolute Gasteiger partial charge is 0.326 e. The Morgan fingerprint density at radius 1 is 1.04 bits per heavy atom. The Morgan fingerprint density at radius 3 is 2.39 bits per heavy atom. The van der Waals surface area contributed by atoms with Crippen molar-refractivity contribution in [2.24, 2.45) is 5.73 Å². The Hall–Kier alpha value is -2.05. The van der Waals surface area contributed by atoms with Gasteiger partial charge in [0.05, 0.1) is 6.20 Å². The minimum atomic E-state index is -4.28. The third kappa shape index (κ3) is 3.65. The van der Waals surface area contributed by atoms with Crippen LogP contribution in [0.25, 0.3) is 21.9 Å². The van der Waals surface area contributed by atoms with Gasteiger partial charge in [-0.15, -0.1) is 12.4 Å². The van der Waals surface area contributed by atoms with E-state index in [1.807, 2.05) is 36.4 Å². The zero-order valence-electron chi connectivity index (χ0n) is 12.0. The molecule has 1 aromatic heterocycles. The molecule has 1 heterocycles. The number of hydrogen-bond donors (Lipinski definition) is 1. The molecule has 0 unspecified atom stereocenters. The van der Waals surface area contributed by atoms with Gasteiger partial charge >= 0.3 is 6.18 Å².